The van der Waals surface area contributed by atoms with E-state index in [9.17, 15) is 14.4 Å². The zero-order valence-electron chi connectivity index (χ0n) is 15.3. The first kappa shape index (κ1) is 18.9. The summed E-state index contributed by atoms with van der Waals surface area (Å²) in [6.07, 6.45) is 1.32. The van der Waals surface area contributed by atoms with E-state index in [0.29, 0.717) is 43.9 Å². The van der Waals surface area contributed by atoms with Gasteiger partial charge in [0.2, 0.25) is 5.91 Å². The summed E-state index contributed by atoms with van der Waals surface area (Å²) in [6, 6.07) is 8.49. The van der Waals surface area contributed by atoms with Crippen LogP contribution in [0.3, 0.4) is 0 Å². The number of nitrogens with zero attached hydrogens (tertiary/aromatic N) is 3. The van der Waals surface area contributed by atoms with Gasteiger partial charge in [0.15, 0.2) is 0 Å². The Morgan fingerprint density at radius 3 is 2.44 bits per heavy atom. The molecule has 0 radical (unpaired) electrons. The average Bonchev–Trinajstić information content (AvgIpc) is 3.14. The zero-order chi connectivity index (χ0) is 19.4. The van der Waals surface area contributed by atoms with Gasteiger partial charge in [-0.25, -0.2) is 0 Å². The van der Waals surface area contributed by atoms with E-state index in [1.165, 1.54) is 5.01 Å². The van der Waals surface area contributed by atoms with Crippen LogP contribution >= 0.6 is 0 Å². The van der Waals surface area contributed by atoms with E-state index in [1.54, 1.807) is 11.8 Å². The van der Waals surface area contributed by atoms with Crippen LogP contribution in [0.15, 0.2) is 35.4 Å². The van der Waals surface area contributed by atoms with E-state index in [4.69, 9.17) is 10.5 Å². The van der Waals surface area contributed by atoms with Gasteiger partial charge in [0, 0.05) is 19.5 Å². The summed E-state index contributed by atoms with van der Waals surface area (Å²) in [7, 11) is 0. The second kappa shape index (κ2) is 8.20. The lowest BCUT2D eigenvalue weighted by Gasteiger charge is -2.30. The van der Waals surface area contributed by atoms with Crippen molar-refractivity contribution in [1.82, 2.24) is 4.90 Å². The number of ether oxygens (including phenoxy) is 1. The van der Waals surface area contributed by atoms with Gasteiger partial charge in [-0.1, -0.05) is 18.2 Å². The lowest BCUT2D eigenvalue weighted by atomic mass is 9.96. The van der Waals surface area contributed by atoms with Gasteiger partial charge in [-0.15, -0.1) is 0 Å². The van der Waals surface area contributed by atoms with E-state index in [1.807, 2.05) is 30.3 Å². The van der Waals surface area contributed by atoms with Crippen molar-refractivity contribution in [3.8, 4) is 0 Å². The summed E-state index contributed by atoms with van der Waals surface area (Å²) in [6.45, 7) is 3.07. The third-order valence-electron chi connectivity index (χ3n) is 4.91. The molecule has 1 fully saturated rings. The number of para-hydroxylation sites is 1. The number of hydrazone groups is 1. The molecule has 2 N–H and O–H groups in total. The van der Waals surface area contributed by atoms with Crippen molar-refractivity contribution in [3.63, 3.8) is 0 Å². The molecule has 0 unspecified atom stereocenters. The Morgan fingerprint density at radius 1 is 1.19 bits per heavy atom. The molecular formula is C19H24N4O4. The van der Waals surface area contributed by atoms with Crippen LogP contribution in [0, 0.1) is 5.92 Å². The lowest BCUT2D eigenvalue weighted by Crippen LogP contribution is -2.44. The van der Waals surface area contributed by atoms with Gasteiger partial charge >= 0.3 is 5.97 Å². The number of benzene rings is 1. The van der Waals surface area contributed by atoms with Crippen molar-refractivity contribution in [2.24, 2.45) is 16.8 Å². The number of primary amides is 1. The van der Waals surface area contributed by atoms with Crippen LogP contribution in [0.2, 0.25) is 0 Å². The number of rotatable bonds is 5. The van der Waals surface area contributed by atoms with Crippen LogP contribution in [0.1, 0.15) is 26.2 Å². The lowest BCUT2D eigenvalue weighted by molar-refractivity contribution is -0.150. The molecule has 2 aliphatic heterocycles. The maximum absolute atomic E-state index is 12.8. The van der Waals surface area contributed by atoms with E-state index < -0.39 is 11.9 Å². The molecule has 3 rings (SSSR count). The Hall–Kier alpha value is -2.90. The Morgan fingerprint density at radius 2 is 1.85 bits per heavy atom. The summed E-state index contributed by atoms with van der Waals surface area (Å²) in [5, 5.41) is 5.90. The molecule has 0 spiro atoms. The second-order valence-corrected chi connectivity index (χ2v) is 6.67. The first-order valence-electron chi connectivity index (χ1n) is 9.18. The maximum atomic E-state index is 12.8. The number of esters is 1. The quantitative estimate of drug-likeness (QED) is 0.774. The molecule has 144 valence electrons. The summed E-state index contributed by atoms with van der Waals surface area (Å²) in [4.78, 5) is 38.2. The number of amides is 2. The van der Waals surface area contributed by atoms with Gasteiger partial charge < -0.3 is 15.4 Å². The number of anilines is 1. The van der Waals surface area contributed by atoms with Crippen molar-refractivity contribution in [1.29, 1.82) is 0 Å². The monoisotopic (exact) mass is 372 g/mol. The molecule has 8 nitrogen and oxygen atoms in total. The third kappa shape index (κ3) is 4.10. The number of likely N-dealkylation sites (tertiary alicyclic amines) is 1. The number of piperidine rings is 1. The topological polar surface area (TPSA) is 105 Å². The van der Waals surface area contributed by atoms with Crippen molar-refractivity contribution in [2.75, 3.05) is 24.7 Å². The number of nitrogens with two attached hydrogens (primary N) is 1. The Balaban J connectivity index is 1.68. The predicted octanol–water partition coefficient (Wildman–Crippen LogP) is 0.908. The minimum Gasteiger partial charge on any atom is -0.466 e. The summed E-state index contributed by atoms with van der Waals surface area (Å²) in [5.41, 5.74) is 6.55. The van der Waals surface area contributed by atoms with Crippen LogP contribution in [0.25, 0.3) is 0 Å². The van der Waals surface area contributed by atoms with Crippen LogP contribution < -0.4 is 10.7 Å². The minimum atomic E-state index is -0.677. The molecule has 8 heteroatoms. The Labute approximate surface area is 157 Å². The average molecular weight is 372 g/mol. The number of carbonyl (C=O) groups excluding carboxylic acids is 3. The first-order valence-corrected chi connectivity index (χ1v) is 9.18. The maximum Gasteiger partial charge on any atom is 0.309 e. The Bertz CT molecular complexity index is 741. The molecule has 1 atom stereocenters. The summed E-state index contributed by atoms with van der Waals surface area (Å²) in [5.74, 6) is -1.10. The first-order chi connectivity index (χ1) is 13.0. The Kier molecular flexibility index (Phi) is 5.73. The van der Waals surface area contributed by atoms with E-state index in [2.05, 4.69) is 5.10 Å². The third-order valence-corrected chi connectivity index (χ3v) is 4.91. The van der Waals surface area contributed by atoms with Gasteiger partial charge in [0.25, 0.3) is 5.91 Å². The second-order valence-electron chi connectivity index (χ2n) is 6.67. The molecule has 27 heavy (non-hydrogen) atoms. The molecular weight excluding hydrogens is 348 g/mol. The van der Waals surface area contributed by atoms with E-state index >= 15 is 0 Å². The van der Waals surface area contributed by atoms with Gasteiger partial charge in [-0.2, -0.15) is 5.10 Å². The molecule has 2 aliphatic rings. The number of hydrogen-bond acceptors (Lipinski definition) is 6. The number of carbonyl (C=O) groups is 3. The highest BCUT2D eigenvalue weighted by Crippen LogP contribution is 2.26. The van der Waals surface area contributed by atoms with Gasteiger partial charge in [0.1, 0.15) is 11.8 Å². The molecule has 0 aromatic heterocycles. The van der Waals surface area contributed by atoms with Crippen LogP contribution in [0.5, 0.6) is 0 Å². The van der Waals surface area contributed by atoms with Gasteiger partial charge in [-0.3, -0.25) is 19.4 Å². The van der Waals surface area contributed by atoms with Crippen molar-refractivity contribution in [2.45, 2.75) is 32.2 Å². The minimum absolute atomic E-state index is 0.168. The van der Waals surface area contributed by atoms with Crippen molar-refractivity contribution < 1.29 is 19.1 Å². The highest BCUT2D eigenvalue weighted by molar-refractivity contribution is 6.40. The normalized spacial score (nSPS) is 20.3. The van der Waals surface area contributed by atoms with Gasteiger partial charge in [0.05, 0.1) is 18.2 Å². The fourth-order valence-electron chi connectivity index (χ4n) is 3.44. The number of hydrogen-bond donors (Lipinski definition) is 1. The largest absolute Gasteiger partial charge is 0.466 e. The molecule has 2 amide bonds. The highest BCUT2D eigenvalue weighted by Gasteiger charge is 2.37. The summed E-state index contributed by atoms with van der Waals surface area (Å²) >= 11 is 0. The van der Waals surface area contributed by atoms with Crippen LogP contribution in [-0.2, 0) is 19.1 Å². The fraction of sp³-hybridized carbons (Fsp3) is 0.474. The van der Waals surface area contributed by atoms with Crippen molar-refractivity contribution in [3.05, 3.63) is 30.3 Å². The van der Waals surface area contributed by atoms with Crippen molar-refractivity contribution >= 4 is 29.2 Å². The molecule has 0 saturated carbocycles. The van der Waals surface area contributed by atoms with Crippen LogP contribution in [-0.4, -0.2) is 54.1 Å². The van der Waals surface area contributed by atoms with E-state index in [0.717, 1.165) is 0 Å². The van der Waals surface area contributed by atoms with Crippen LogP contribution in [0.4, 0.5) is 5.69 Å². The fourth-order valence-corrected chi connectivity index (χ4v) is 3.44. The molecule has 0 bridgehead atoms. The molecule has 2 heterocycles. The summed E-state index contributed by atoms with van der Waals surface area (Å²) < 4.78 is 5.06. The van der Waals surface area contributed by atoms with Gasteiger partial charge in [-0.05, 0) is 31.9 Å². The molecule has 0 aliphatic carbocycles. The molecule has 1 saturated heterocycles. The SMILES string of the molecule is CCOC(=O)C1CCN(C(=O)C2=NN(c3ccccc3)[C@H](C(N)=O)C2)CC1. The molecule has 1 aromatic carbocycles. The van der Waals surface area contributed by atoms with E-state index in [-0.39, 0.29) is 24.2 Å². The zero-order valence-corrected chi connectivity index (χ0v) is 15.3. The highest BCUT2D eigenvalue weighted by atomic mass is 16.5. The smallest absolute Gasteiger partial charge is 0.309 e. The molecule has 1 aromatic rings. The standard InChI is InChI=1S/C19H24N4O4/c1-2-27-19(26)13-8-10-22(11-9-13)18(25)15-12-16(17(20)24)23(21-15)14-6-4-3-5-7-14/h3-7,13,16H,2,8-12H2,1H3,(H2,20,24)/t16-/m0/s1. The predicted molar refractivity (Wildman–Crippen MR) is 99.9 cm³/mol.